The molecule has 2 heterocycles. The molecular weight excluding hydrogens is 370 g/mol. The largest absolute Gasteiger partial charge is 0.383 e. The summed E-state index contributed by atoms with van der Waals surface area (Å²) in [5, 5.41) is 15.3. The SMILES string of the molecule is COCCn1c(=NC(=O)c2ccn(C(C)C)n2)sc2cc([N+](=O)[O-])ccc21. The third kappa shape index (κ3) is 3.96. The van der Waals surface area contributed by atoms with Gasteiger partial charge in [0.25, 0.3) is 11.6 Å². The van der Waals surface area contributed by atoms with Crippen LogP contribution in [0.15, 0.2) is 35.5 Å². The Labute approximate surface area is 158 Å². The third-order valence-corrected chi connectivity index (χ3v) is 4.99. The molecule has 0 saturated heterocycles. The monoisotopic (exact) mass is 389 g/mol. The van der Waals surface area contributed by atoms with E-state index in [2.05, 4.69) is 10.1 Å². The van der Waals surface area contributed by atoms with Gasteiger partial charge in [0, 0.05) is 38.0 Å². The second kappa shape index (κ2) is 7.80. The lowest BCUT2D eigenvalue weighted by Crippen LogP contribution is -2.19. The number of fused-ring (bicyclic) bond motifs is 1. The molecule has 9 nitrogen and oxygen atoms in total. The molecule has 0 aliphatic rings. The molecule has 0 unspecified atom stereocenters. The number of aromatic nitrogens is 3. The Morgan fingerprint density at radius 1 is 1.41 bits per heavy atom. The zero-order valence-corrected chi connectivity index (χ0v) is 16.0. The number of thiazole rings is 1. The maximum atomic E-state index is 12.5. The molecule has 142 valence electrons. The maximum Gasteiger partial charge on any atom is 0.300 e. The molecule has 0 fully saturated rings. The van der Waals surface area contributed by atoms with Crippen LogP contribution in [0.4, 0.5) is 5.69 Å². The lowest BCUT2D eigenvalue weighted by atomic mass is 10.3. The highest BCUT2D eigenvalue weighted by Gasteiger charge is 2.14. The van der Waals surface area contributed by atoms with Gasteiger partial charge >= 0.3 is 0 Å². The minimum absolute atomic E-state index is 0.00352. The summed E-state index contributed by atoms with van der Waals surface area (Å²) in [4.78, 5) is 27.8. The van der Waals surface area contributed by atoms with E-state index in [0.29, 0.717) is 22.7 Å². The highest BCUT2D eigenvalue weighted by atomic mass is 32.1. The van der Waals surface area contributed by atoms with Crippen molar-refractivity contribution in [2.45, 2.75) is 26.4 Å². The number of rotatable bonds is 6. The van der Waals surface area contributed by atoms with E-state index in [1.807, 2.05) is 18.4 Å². The van der Waals surface area contributed by atoms with Crippen LogP contribution in [0.2, 0.25) is 0 Å². The van der Waals surface area contributed by atoms with Crippen molar-refractivity contribution in [3.05, 3.63) is 51.1 Å². The van der Waals surface area contributed by atoms with Gasteiger partial charge in [-0.25, -0.2) is 0 Å². The highest BCUT2D eigenvalue weighted by molar-refractivity contribution is 7.16. The highest BCUT2D eigenvalue weighted by Crippen LogP contribution is 2.23. The number of methoxy groups -OCH3 is 1. The summed E-state index contributed by atoms with van der Waals surface area (Å²) in [5.74, 6) is -0.457. The molecule has 1 aromatic carbocycles. The van der Waals surface area contributed by atoms with Crippen LogP contribution in [0.3, 0.4) is 0 Å². The van der Waals surface area contributed by atoms with Crippen molar-refractivity contribution in [1.29, 1.82) is 0 Å². The van der Waals surface area contributed by atoms with Crippen molar-refractivity contribution < 1.29 is 14.5 Å². The number of non-ortho nitro benzene ring substituents is 1. The number of hydrogen-bond acceptors (Lipinski definition) is 6. The van der Waals surface area contributed by atoms with Crippen LogP contribution >= 0.6 is 11.3 Å². The Hall–Kier alpha value is -2.85. The Bertz CT molecular complexity index is 1060. The number of nitro benzene ring substituents is 1. The molecule has 0 aliphatic carbocycles. The molecule has 0 radical (unpaired) electrons. The first-order valence-electron chi connectivity index (χ1n) is 8.31. The molecule has 0 N–H and O–H groups in total. The molecule has 3 aromatic rings. The molecule has 10 heteroatoms. The molecule has 0 aliphatic heterocycles. The first kappa shape index (κ1) is 18.9. The fourth-order valence-corrected chi connectivity index (χ4v) is 3.63. The van der Waals surface area contributed by atoms with Gasteiger partial charge < -0.3 is 9.30 Å². The summed E-state index contributed by atoms with van der Waals surface area (Å²) >= 11 is 1.22. The Morgan fingerprint density at radius 2 is 2.19 bits per heavy atom. The number of amides is 1. The van der Waals surface area contributed by atoms with Gasteiger partial charge in [-0.3, -0.25) is 19.6 Å². The molecule has 2 aromatic heterocycles. The third-order valence-electron chi connectivity index (χ3n) is 3.95. The second-order valence-corrected chi connectivity index (χ2v) is 7.14. The fraction of sp³-hybridized carbons (Fsp3) is 0.353. The Balaban J connectivity index is 2.08. The average molecular weight is 389 g/mol. The summed E-state index contributed by atoms with van der Waals surface area (Å²) in [6, 6.07) is 6.36. The summed E-state index contributed by atoms with van der Waals surface area (Å²) in [7, 11) is 1.58. The van der Waals surface area contributed by atoms with Crippen LogP contribution in [-0.2, 0) is 11.3 Å². The van der Waals surface area contributed by atoms with E-state index in [1.165, 1.54) is 23.5 Å². The summed E-state index contributed by atoms with van der Waals surface area (Å²) in [5.41, 5.74) is 1.02. The molecule has 0 atom stereocenters. The van der Waals surface area contributed by atoms with E-state index in [0.717, 1.165) is 5.52 Å². The minimum atomic E-state index is -0.457. The lowest BCUT2D eigenvalue weighted by molar-refractivity contribution is -0.384. The predicted molar refractivity (Wildman–Crippen MR) is 101 cm³/mol. The van der Waals surface area contributed by atoms with Crippen molar-refractivity contribution in [2.24, 2.45) is 4.99 Å². The molecular formula is C17H19N5O4S. The standard InChI is InChI=1S/C17H19N5O4S/c1-11(2)21-7-6-13(19-21)16(23)18-17-20(8-9-26-3)14-5-4-12(22(24)25)10-15(14)27-17/h4-7,10-11H,8-9H2,1-3H3. The van der Waals surface area contributed by atoms with Crippen LogP contribution in [0.25, 0.3) is 10.2 Å². The maximum absolute atomic E-state index is 12.5. The van der Waals surface area contributed by atoms with Crippen LogP contribution in [0.5, 0.6) is 0 Å². The number of ether oxygens (including phenoxy) is 1. The summed E-state index contributed by atoms with van der Waals surface area (Å²) < 4.78 is 9.33. The van der Waals surface area contributed by atoms with Crippen molar-refractivity contribution in [1.82, 2.24) is 14.3 Å². The van der Waals surface area contributed by atoms with Crippen molar-refractivity contribution in [3.8, 4) is 0 Å². The smallest absolute Gasteiger partial charge is 0.300 e. The molecule has 1 amide bonds. The number of carbonyl (C=O) groups excluding carboxylic acids is 1. The van der Waals surface area contributed by atoms with Crippen LogP contribution < -0.4 is 4.80 Å². The average Bonchev–Trinajstić information content (AvgIpc) is 3.24. The first-order valence-corrected chi connectivity index (χ1v) is 9.13. The van der Waals surface area contributed by atoms with E-state index in [4.69, 9.17) is 4.74 Å². The number of nitrogens with zero attached hydrogens (tertiary/aromatic N) is 5. The second-order valence-electron chi connectivity index (χ2n) is 6.13. The van der Waals surface area contributed by atoms with Crippen molar-refractivity contribution in [2.75, 3.05) is 13.7 Å². The van der Waals surface area contributed by atoms with Gasteiger partial charge in [-0.15, -0.1) is 0 Å². The topological polar surface area (TPSA) is 105 Å². The zero-order chi connectivity index (χ0) is 19.6. The van der Waals surface area contributed by atoms with E-state index in [9.17, 15) is 14.9 Å². The van der Waals surface area contributed by atoms with E-state index in [-0.39, 0.29) is 17.4 Å². The first-order chi connectivity index (χ1) is 12.9. The predicted octanol–water partition coefficient (Wildman–Crippen LogP) is 2.78. The quantitative estimate of drug-likeness (QED) is 0.476. The molecule has 0 saturated carbocycles. The lowest BCUT2D eigenvalue weighted by Gasteiger charge is -2.04. The number of benzene rings is 1. The van der Waals surface area contributed by atoms with Gasteiger partial charge in [0.15, 0.2) is 10.5 Å². The van der Waals surface area contributed by atoms with Crippen LogP contribution in [0.1, 0.15) is 30.4 Å². The van der Waals surface area contributed by atoms with Gasteiger partial charge in [-0.2, -0.15) is 10.1 Å². The van der Waals surface area contributed by atoms with Crippen LogP contribution in [-0.4, -0.2) is 38.9 Å². The van der Waals surface area contributed by atoms with Crippen molar-refractivity contribution >= 4 is 33.1 Å². The van der Waals surface area contributed by atoms with Gasteiger partial charge in [0.2, 0.25) is 0 Å². The Morgan fingerprint density at radius 3 is 2.81 bits per heavy atom. The molecule has 0 bridgehead atoms. The number of hydrogen-bond donors (Lipinski definition) is 0. The minimum Gasteiger partial charge on any atom is -0.383 e. The van der Waals surface area contributed by atoms with E-state index >= 15 is 0 Å². The van der Waals surface area contributed by atoms with Gasteiger partial charge in [0.05, 0.1) is 21.7 Å². The summed E-state index contributed by atoms with van der Waals surface area (Å²) in [6.07, 6.45) is 1.74. The van der Waals surface area contributed by atoms with Gasteiger partial charge in [-0.1, -0.05) is 11.3 Å². The molecule has 3 rings (SSSR count). The van der Waals surface area contributed by atoms with E-state index in [1.54, 1.807) is 30.1 Å². The molecule has 27 heavy (non-hydrogen) atoms. The van der Waals surface area contributed by atoms with Crippen molar-refractivity contribution in [3.63, 3.8) is 0 Å². The van der Waals surface area contributed by atoms with Gasteiger partial charge in [-0.05, 0) is 26.0 Å². The van der Waals surface area contributed by atoms with E-state index < -0.39 is 10.8 Å². The zero-order valence-electron chi connectivity index (χ0n) is 15.2. The van der Waals surface area contributed by atoms with Gasteiger partial charge in [0.1, 0.15) is 0 Å². The molecule has 0 spiro atoms. The normalized spacial score (nSPS) is 12.2. The number of carbonyl (C=O) groups is 1. The summed E-state index contributed by atoms with van der Waals surface area (Å²) in [6.45, 7) is 4.83. The number of nitro groups is 1. The fourth-order valence-electron chi connectivity index (χ4n) is 2.54. The van der Waals surface area contributed by atoms with Crippen LogP contribution in [0, 0.1) is 10.1 Å². The Kier molecular flexibility index (Phi) is 5.47.